The number of unbranched alkanes of at least 4 members (excludes halogenated alkanes) is 2. The van der Waals surface area contributed by atoms with Crippen molar-refractivity contribution in [1.82, 2.24) is 9.62 Å². The van der Waals surface area contributed by atoms with Crippen LogP contribution in [0.15, 0.2) is 0 Å². The van der Waals surface area contributed by atoms with E-state index in [1.807, 2.05) is 0 Å². The summed E-state index contributed by atoms with van der Waals surface area (Å²) in [5, 5.41) is 0. The lowest BCUT2D eigenvalue weighted by atomic mass is 9.16. The summed E-state index contributed by atoms with van der Waals surface area (Å²) < 4.78 is 0. The van der Waals surface area contributed by atoms with Crippen molar-refractivity contribution in [3.05, 3.63) is 0 Å². The van der Waals surface area contributed by atoms with E-state index in [4.69, 9.17) is 0 Å². The first-order valence-corrected chi connectivity index (χ1v) is 6.87. The van der Waals surface area contributed by atoms with Gasteiger partial charge in [0.25, 0.3) is 0 Å². The van der Waals surface area contributed by atoms with Crippen molar-refractivity contribution in [1.29, 1.82) is 0 Å². The summed E-state index contributed by atoms with van der Waals surface area (Å²) in [4.78, 5) is 4.83. The molecule has 0 aromatic heterocycles. The summed E-state index contributed by atoms with van der Waals surface area (Å²) >= 11 is 0. The minimum atomic E-state index is 0.710. The molecular weight excluding hydrogens is 194 g/mol. The van der Waals surface area contributed by atoms with E-state index in [9.17, 15) is 0 Å². The highest BCUT2D eigenvalue weighted by atomic mass is 15.0. The first-order chi connectivity index (χ1) is 7.54. The van der Waals surface area contributed by atoms with E-state index in [-0.39, 0.29) is 0 Å². The largest absolute Gasteiger partial charge is 0.352 e. The fraction of sp³-hybridized carbons (Fsp3) is 1.00. The summed E-state index contributed by atoms with van der Waals surface area (Å²) in [6, 6.07) is 0. The van der Waals surface area contributed by atoms with E-state index >= 15 is 0 Å². The third kappa shape index (κ3) is 5.95. The number of hydrogen-bond donors (Lipinski definition) is 0. The van der Waals surface area contributed by atoms with E-state index in [1.165, 1.54) is 38.3 Å². The van der Waals surface area contributed by atoms with E-state index in [0.717, 1.165) is 0 Å². The van der Waals surface area contributed by atoms with Gasteiger partial charge in [0.1, 0.15) is 0 Å². The van der Waals surface area contributed by atoms with Crippen LogP contribution in [0.2, 0.25) is 12.6 Å². The molecule has 0 aromatic carbocycles. The van der Waals surface area contributed by atoms with Crippen molar-refractivity contribution in [3.63, 3.8) is 0 Å². The lowest BCUT2D eigenvalue weighted by Gasteiger charge is -2.31. The third-order valence-electron chi connectivity index (χ3n) is 3.48. The molecule has 94 valence electrons. The van der Waals surface area contributed by atoms with E-state index < -0.39 is 0 Å². The van der Waals surface area contributed by atoms with Crippen molar-refractivity contribution in [2.45, 2.75) is 52.2 Å². The van der Waals surface area contributed by atoms with Gasteiger partial charge in [-0.2, -0.15) is 0 Å². The molecule has 0 spiro atoms. The monoisotopic (exact) mass is 224 g/mol. The molecule has 0 aliphatic heterocycles. The van der Waals surface area contributed by atoms with Crippen LogP contribution in [-0.2, 0) is 0 Å². The van der Waals surface area contributed by atoms with Crippen molar-refractivity contribution >= 4 is 13.5 Å². The lowest BCUT2D eigenvalue weighted by molar-refractivity contribution is 0.608. The summed E-state index contributed by atoms with van der Waals surface area (Å²) in [6.45, 7) is 5.98. The Balaban J connectivity index is 4.39. The zero-order valence-corrected chi connectivity index (χ0v) is 12.3. The van der Waals surface area contributed by atoms with Gasteiger partial charge in [0, 0.05) is 0 Å². The van der Waals surface area contributed by atoms with Gasteiger partial charge in [-0.3, -0.25) is 0 Å². The second-order valence-corrected chi connectivity index (χ2v) is 5.35. The zero-order chi connectivity index (χ0) is 12.6. The number of nitrogens with zero attached hydrogens (tertiary/aromatic N) is 2. The quantitative estimate of drug-likeness (QED) is 0.555. The molecule has 0 aromatic rings. The van der Waals surface area contributed by atoms with Gasteiger partial charge >= 0.3 is 0 Å². The Labute approximate surface area is 104 Å². The van der Waals surface area contributed by atoms with Crippen LogP contribution in [0.1, 0.15) is 39.5 Å². The van der Waals surface area contributed by atoms with Crippen molar-refractivity contribution in [2.24, 2.45) is 0 Å². The SMILES string of the molecule is CCCCB(B(CCCC)N(C)C)N(C)C. The van der Waals surface area contributed by atoms with Crippen LogP contribution in [-0.4, -0.2) is 51.3 Å². The Morgan fingerprint density at radius 3 is 1.19 bits per heavy atom. The average Bonchev–Trinajstić information content (AvgIpc) is 2.21. The molecular formula is C12H30B2N2. The topological polar surface area (TPSA) is 6.48 Å². The molecule has 16 heavy (non-hydrogen) atoms. The standard InChI is InChI=1S/C12H30B2N2/c1-7-9-11-13(15(3)4)14(16(5)6)12-10-8-2/h7-12H2,1-6H3. The Hall–Kier alpha value is 0.0499. The van der Waals surface area contributed by atoms with Crippen molar-refractivity contribution in [2.75, 3.05) is 28.2 Å². The second kappa shape index (κ2) is 9.12. The van der Waals surface area contributed by atoms with Gasteiger partial charge in [-0.25, -0.2) is 0 Å². The minimum Gasteiger partial charge on any atom is -0.352 e. The number of rotatable bonds is 9. The van der Waals surface area contributed by atoms with Crippen LogP contribution >= 0.6 is 0 Å². The Kier molecular flexibility index (Phi) is 9.15. The molecule has 0 rings (SSSR count). The maximum atomic E-state index is 2.41. The Bertz CT molecular complexity index is 145. The van der Waals surface area contributed by atoms with Crippen molar-refractivity contribution < 1.29 is 0 Å². The highest BCUT2D eigenvalue weighted by Crippen LogP contribution is 2.13. The Morgan fingerprint density at radius 2 is 1.00 bits per heavy atom. The van der Waals surface area contributed by atoms with Gasteiger partial charge in [0.2, 0.25) is 13.5 Å². The first-order valence-electron chi connectivity index (χ1n) is 6.87. The average molecular weight is 224 g/mol. The van der Waals surface area contributed by atoms with Crippen LogP contribution in [0.3, 0.4) is 0 Å². The molecule has 0 N–H and O–H groups in total. The van der Waals surface area contributed by atoms with Crippen LogP contribution in [0.25, 0.3) is 0 Å². The smallest absolute Gasteiger partial charge is 0.207 e. The second-order valence-electron chi connectivity index (χ2n) is 5.35. The molecule has 0 radical (unpaired) electrons. The maximum Gasteiger partial charge on any atom is 0.207 e. The fourth-order valence-corrected chi connectivity index (χ4v) is 2.42. The molecule has 0 fully saturated rings. The fourth-order valence-electron chi connectivity index (χ4n) is 2.42. The van der Waals surface area contributed by atoms with Crippen molar-refractivity contribution in [3.8, 4) is 0 Å². The molecule has 0 atom stereocenters. The molecule has 0 amide bonds. The Morgan fingerprint density at radius 1 is 0.688 bits per heavy atom. The molecule has 0 heterocycles. The molecule has 0 bridgehead atoms. The minimum absolute atomic E-state index is 0.710. The van der Waals surface area contributed by atoms with E-state index in [0.29, 0.717) is 13.5 Å². The third-order valence-corrected chi connectivity index (χ3v) is 3.48. The molecule has 0 aliphatic rings. The zero-order valence-electron chi connectivity index (χ0n) is 12.3. The van der Waals surface area contributed by atoms with Gasteiger partial charge in [0.15, 0.2) is 0 Å². The summed E-state index contributed by atoms with van der Waals surface area (Å²) in [6.07, 6.45) is 7.96. The van der Waals surface area contributed by atoms with Gasteiger partial charge in [0.05, 0.1) is 0 Å². The maximum absolute atomic E-state index is 2.41. The van der Waals surface area contributed by atoms with Gasteiger partial charge in [-0.1, -0.05) is 52.2 Å². The molecule has 4 heteroatoms. The lowest BCUT2D eigenvalue weighted by Crippen LogP contribution is -2.54. The van der Waals surface area contributed by atoms with E-state index in [2.05, 4.69) is 51.7 Å². The van der Waals surface area contributed by atoms with Crippen LogP contribution in [0.5, 0.6) is 0 Å². The van der Waals surface area contributed by atoms with Crippen LogP contribution in [0.4, 0.5) is 0 Å². The van der Waals surface area contributed by atoms with E-state index in [1.54, 1.807) is 0 Å². The normalized spacial score (nSPS) is 11.2. The highest BCUT2D eigenvalue weighted by molar-refractivity contribution is 7.19. The molecule has 0 unspecified atom stereocenters. The predicted molar refractivity (Wildman–Crippen MR) is 78.3 cm³/mol. The van der Waals surface area contributed by atoms with Gasteiger partial charge in [-0.15, -0.1) is 0 Å². The van der Waals surface area contributed by atoms with Crippen LogP contribution < -0.4 is 0 Å². The first kappa shape index (κ1) is 16.0. The molecule has 2 nitrogen and oxygen atoms in total. The summed E-state index contributed by atoms with van der Waals surface area (Å²) in [5.74, 6) is 0. The molecule has 0 aliphatic carbocycles. The highest BCUT2D eigenvalue weighted by Gasteiger charge is 2.31. The molecule has 0 saturated heterocycles. The van der Waals surface area contributed by atoms with Crippen LogP contribution in [0, 0.1) is 0 Å². The summed E-state index contributed by atoms with van der Waals surface area (Å²) in [5.41, 5.74) is 0. The van der Waals surface area contributed by atoms with Gasteiger partial charge < -0.3 is 9.62 Å². The van der Waals surface area contributed by atoms with Gasteiger partial charge in [-0.05, 0) is 28.2 Å². The predicted octanol–water partition coefficient (Wildman–Crippen LogP) is 2.77. The number of hydrogen-bond acceptors (Lipinski definition) is 2. The molecule has 0 saturated carbocycles. The summed E-state index contributed by atoms with van der Waals surface area (Å²) in [7, 11) is 8.90.